The first-order valence-electron chi connectivity index (χ1n) is 8.39. The number of hydrogen-bond donors (Lipinski definition) is 2. The molecular formula is C19H25ClFN3O3S. The van der Waals surface area contributed by atoms with Crippen LogP contribution in [0.25, 0.3) is 0 Å². The zero-order chi connectivity index (χ0) is 20.2. The lowest BCUT2D eigenvalue weighted by Crippen LogP contribution is -2.39. The van der Waals surface area contributed by atoms with Crippen LogP contribution in [0.2, 0.25) is 0 Å². The summed E-state index contributed by atoms with van der Waals surface area (Å²) in [4.78, 5) is 14.0. The minimum atomic E-state index is -3.96. The van der Waals surface area contributed by atoms with Gasteiger partial charge in [-0.25, -0.2) is 12.8 Å². The van der Waals surface area contributed by atoms with Crippen LogP contribution in [0.1, 0.15) is 24.2 Å². The summed E-state index contributed by atoms with van der Waals surface area (Å²) in [5.41, 5.74) is 5.69. The molecule has 2 aromatic carbocycles. The molecule has 0 aliphatic heterocycles. The van der Waals surface area contributed by atoms with E-state index < -0.39 is 15.8 Å². The molecule has 0 radical (unpaired) electrons. The number of carbonyl (C=O) groups is 1. The van der Waals surface area contributed by atoms with Crippen molar-refractivity contribution in [1.82, 2.24) is 4.90 Å². The largest absolute Gasteiger partial charge is 0.341 e. The number of halogens is 2. The van der Waals surface area contributed by atoms with Gasteiger partial charge in [0.15, 0.2) is 0 Å². The molecule has 0 aliphatic rings. The number of sulfonamides is 1. The van der Waals surface area contributed by atoms with Crippen molar-refractivity contribution in [3.8, 4) is 0 Å². The van der Waals surface area contributed by atoms with Crippen molar-refractivity contribution < 1.29 is 17.6 Å². The molecule has 0 heterocycles. The molecule has 6 nitrogen and oxygen atoms in total. The highest BCUT2D eigenvalue weighted by molar-refractivity contribution is 7.92. The number of carbonyl (C=O) groups excluding carboxylic acids is 1. The molecule has 0 bridgehead atoms. The third-order valence-corrected chi connectivity index (χ3v) is 5.48. The maximum atomic E-state index is 13.7. The summed E-state index contributed by atoms with van der Waals surface area (Å²) < 4.78 is 40.7. The lowest BCUT2D eigenvalue weighted by atomic mass is 9.93. The second-order valence-electron chi connectivity index (χ2n) is 7.14. The van der Waals surface area contributed by atoms with Crippen LogP contribution in [0, 0.1) is 11.2 Å². The van der Waals surface area contributed by atoms with Gasteiger partial charge in [0.2, 0.25) is 0 Å². The van der Waals surface area contributed by atoms with Gasteiger partial charge >= 0.3 is 0 Å². The number of nitrogens with one attached hydrogen (secondary N) is 1. The van der Waals surface area contributed by atoms with Gasteiger partial charge in [0.05, 0.1) is 10.6 Å². The van der Waals surface area contributed by atoms with Crippen molar-refractivity contribution >= 4 is 34.0 Å². The van der Waals surface area contributed by atoms with Crippen molar-refractivity contribution in [3.63, 3.8) is 0 Å². The minimum Gasteiger partial charge on any atom is -0.341 e. The number of anilines is 1. The Balaban J connectivity index is 0.00000392. The van der Waals surface area contributed by atoms with Crippen LogP contribution in [0.4, 0.5) is 10.1 Å². The molecule has 0 spiro atoms. The van der Waals surface area contributed by atoms with Crippen molar-refractivity contribution in [1.29, 1.82) is 0 Å². The van der Waals surface area contributed by atoms with Gasteiger partial charge in [0.25, 0.3) is 15.9 Å². The Morgan fingerprint density at radius 3 is 2.25 bits per heavy atom. The lowest BCUT2D eigenvalue weighted by Gasteiger charge is -2.29. The fourth-order valence-electron chi connectivity index (χ4n) is 2.52. The molecular weight excluding hydrogens is 405 g/mol. The zero-order valence-corrected chi connectivity index (χ0v) is 17.6. The highest BCUT2D eigenvalue weighted by Gasteiger charge is 2.22. The third kappa shape index (κ3) is 5.92. The van der Waals surface area contributed by atoms with Crippen LogP contribution >= 0.6 is 12.4 Å². The molecule has 0 saturated carbocycles. The Kier molecular flexibility index (Phi) is 7.98. The summed E-state index contributed by atoms with van der Waals surface area (Å²) in [5.74, 6) is -0.903. The number of nitrogens with zero attached hydrogens (tertiary/aromatic N) is 1. The maximum Gasteiger partial charge on any atom is 0.261 e. The highest BCUT2D eigenvalue weighted by atomic mass is 35.5. The quantitative estimate of drug-likeness (QED) is 0.707. The van der Waals surface area contributed by atoms with E-state index in [4.69, 9.17) is 5.73 Å². The minimum absolute atomic E-state index is 0. The lowest BCUT2D eigenvalue weighted by molar-refractivity contribution is 0.0740. The normalized spacial score (nSPS) is 11.5. The SMILES string of the molecule is CN(CC(C)(C)CN)C(=O)c1ccc(S(=O)(=O)Nc2ccccc2F)cc1.Cl. The van der Waals surface area contributed by atoms with E-state index in [9.17, 15) is 17.6 Å². The first-order valence-corrected chi connectivity index (χ1v) is 9.87. The summed E-state index contributed by atoms with van der Waals surface area (Å²) in [6.45, 7) is 4.82. The van der Waals surface area contributed by atoms with Gasteiger partial charge in [-0.2, -0.15) is 0 Å². The molecule has 0 aromatic heterocycles. The first kappa shape index (κ1) is 23.9. The number of para-hydroxylation sites is 1. The molecule has 0 fully saturated rings. The standard InChI is InChI=1S/C19H24FN3O3S.ClH/c1-19(2,12-21)13-23(3)18(24)14-8-10-15(11-9-14)27(25,26)22-17-7-5-4-6-16(17)20;/h4-11,22H,12-13,21H2,1-3H3;1H. The molecule has 0 saturated heterocycles. The predicted octanol–water partition coefficient (Wildman–Crippen LogP) is 3.11. The zero-order valence-electron chi connectivity index (χ0n) is 16.0. The number of rotatable bonds is 7. The van der Waals surface area contributed by atoms with E-state index in [2.05, 4.69) is 4.72 Å². The molecule has 0 aliphatic carbocycles. The highest BCUT2D eigenvalue weighted by Crippen LogP contribution is 2.20. The molecule has 0 atom stereocenters. The van der Waals surface area contributed by atoms with Crippen molar-refractivity contribution in [3.05, 3.63) is 59.9 Å². The fraction of sp³-hybridized carbons (Fsp3) is 0.316. The summed E-state index contributed by atoms with van der Waals surface area (Å²) in [6.07, 6.45) is 0. The monoisotopic (exact) mass is 429 g/mol. The van der Waals surface area contributed by atoms with Crippen molar-refractivity contribution in [2.24, 2.45) is 11.1 Å². The Bertz CT molecular complexity index is 918. The number of benzene rings is 2. The van der Waals surface area contributed by atoms with Gasteiger partial charge in [-0.15, -0.1) is 12.4 Å². The Morgan fingerprint density at radius 1 is 1.14 bits per heavy atom. The molecule has 2 aromatic rings. The van der Waals surface area contributed by atoms with Crippen LogP contribution in [-0.2, 0) is 10.0 Å². The maximum absolute atomic E-state index is 13.7. The average molecular weight is 430 g/mol. The van der Waals surface area contributed by atoms with Crippen molar-refractivity contribution in [2.45, 2.75) is 18.7 Å². The average Bonchev–Trinajstić information content (AvgIpc) is 2.62. The summed E-state index contributed by atoms with van der Waals surface area (Å²) in [6, 6.07) is 11.0. The van der Waals surface area contributed by atoms with E-state index in [1.165, 1.54) is 42.5 Å². The van der Waals surface area contributed by atoms with Crippen LogP contribution in [0.15, 0.2) is 53.4 Å². The van der Waals surface area contributed by atoms with E-state index in [0.717, 1.165) is 6.07 Å². The molecule has 28 heavy (non-hydrogen) atoms. The third-order valence-electron chi connectivity index (χ3n) is 4.09. The van der Waals surface area contributed by atoms with Gasteiger partial charge in [0, 0.05) is 19.2 Å². The molecule has 9 heteroatoms. The second kappa shape index (κ2) is 9.36. The Morgan fingerprint density at radius 2 is 1.71 bits per heavy atom. The van der Waals surface area contributed by atoms with Crippen LogP contribution in [0.5, 0.6) is 0 Å². The molecule has 2 rings (SSSR count). The topological polar surface area (TPSA) is 92.5 Å². The van der Waals surface area contributed by atoms with Gasteiger partial charge in [-0.1, -0.05) is 26.0 Å². The van der Waals surface area contributed by atoms with E-state index in [1.54, 1.807) is 11.9 Å². The summed E-state index contributed by atoms with van der Waals surface area (Å²) in [7, 11) is -2.29. The smallest absolute Gasteiger partial charge is 0.261 e. The predicted molar refractivity (Wildman–Crippen MR) is 111 cm³/mol. The molecule has 1 amide bonds. The Labute approximate surface area is 171 Å². The van der Waals surface area contributed by atoms with E-state index >= 15 is 0 Å². The van der Waals surface area contributed by atoms with E-state index in [1.807, 2.05) is 13.8 Å². The van der Waals surface area contributed by atoms with Gasteiger partial charge in [0.1, 0.15) is 5.82 Å². The van der Waals surface area contributed by atoms with E-state index in [0.29, 0.717) is 18.7 Å². The van der Waals surface area contributed by atoms with Crippen LogP contribution in [0.3, 0.4) is 0 Å². The Hall–Kier alpha value is -2.16. The molecule has 0 unspecified atom stereocenters. The number of hydrogen-bond acceptors (Lipinski definition) is 4. The molecule has 154 valence electrons. The summed E-state index contributed by atoms with van der Waals surface area (Å²) >= 11 is 0. The van der Waals surface area contributed by atoms with E-state index in [-0.39, 0.29) is 34.3 Å². The molecule has 3 N–H and O–H groups in total. The van der Waals surface area contributed by atoms with Gasteiger partial charge in [-0.3, -0.25) is 9.52 Å². The second-order valence-corrected chi connectivity index (χ2v) is 8.82. The van der Waals surface area contributed by atoms with Crippen LogP contribution < -0.4 is 10.5 Å². The fourth-order valence-corrected chi connectivity index (χ4v) is 3.59. The first-order chi connectivity index (χ1) is 12.6. The van der Waals surface area contributed by atoms with Crippen LogP contribution in [-0.4, -0.2) is 39.4 Å². The summed E-state index contributed by atoms with van der Waals surface area (Å²) in [5, 5.41) is 0. The van der Waals surface area contributed by atoms with Gasteiger partial charge < -0.3 is 10.6 Å². The number of amides is 1. The van der Waals surface area contributed by atoms with Gasteiger partial charge in [-0.05, 0) is 48.4 Å². The number of nitrogens with two attached hydrogens (primary N) is 1. The van der Waals surface area contributed by atoms with Crippen molar-refractivity contribution in [2.75, 3.05) is 24.9 Å².